The second-order valence-electron chi connectivity index (χ2n) is 4.89. The summed E-state index contributed by atoms with van der Waals surface area (Å²) in [6, 6.07) is 7.83. The minimum atomic E-state index is 0.166. The lowest BCUT2D eigenvalue weighted by atomic mass is 10.1. The van der Waals surface area contributed by atoms with Gasteiger partial charge in [-0.3, -0.25) is 4.79 Å². The monoisotopic (exact) mass is 228 g/mol. The Bertz CT molecular complexity index is 558. The third-order valence-electron chi connectivity index (χ3n) is 3.54. The van der Waals surface area contributed by atoms with Crippen molar-refractivity contribution in [3.05, 3.63) is 36.0 Å². The van der Waals surface area contributed by atoms with Crippen molar-refractivity contribution in [2.24, 2.45) is 5.92 Å². The summed E-state index contributed by atoms with van der Waals surface area (Å²) < 4.78 is 0. The van der Waals surface area contributed by atoms with Crippen molar-refractivity contribution in [1.29, 1.82) is 0 Å². The van der Waals surface area contributed by atoms with Gasteiger partial charge in [-0.2, -0.15) is 0 Å². The molecule has 1 N–H and O–H groups in total. The first-order valence-corrected chi connectivity index (χ1v) is 6.11. The fraction of sp³-hybridized carbons (Fsp3) is 0.357. The number of carbonyl (C=O) groups is 1. The first-order valence-electron chi connectivity index (χ1n) is 6.11. The molecule has 88 valence electrons. The van der Waals surface area contributed by atoms with Gasteiger partial charge in [0.25, 0.3) is 5.91 Å². The summed E-state index contributed by atoms with van der Waals surface area (Å²) in [5.74, 6) is 0.795. The molecule has 2 aromatic rings. The molecule has 1 atom stereocenters. The molecule has 2 heterocycles. The third-order valence-corrected chi connectivity index (χ3v) is 3.54. The Kier molecular flexibility index (Phi) is 2.39. The molecule has 1 aromatic carbocycles. The number of aromatic nitrogens is 1. The van der Waals surface area contributed by atoms with Gasteiger partial charge in [0.1, 0.15) is 0 Å². The van der Waals surface area contributed by atoms with Crippen molar-refractivity contribution in [3.8, 4) is 0 Å². The van der Waals surface area contributed by atoms with Crippen LogP contribution in [0, 0.1) is 5.92 Å². The van der Waals surface area contributed by atoms with Gasteiger partial charge in [-0.25, -0.2) is 0 Å². The van der Waals surface area contributed by atoms with Crippen molar-refractivity contribution in [1.82, 2.24) is 9.88 Å². The van der Waals surface area contributed by atoms with Crippen LogP contribution in [-0.4, -0.2) is 28.9 Å². The highest BCUT2D eigenvalue weighted by Gasteiger charge is 2.25. The molecule has 1 unspecified atom stereocenters. The molecule has 17 heavy (non-hydrogen) atoms. The Hall–Kier alpha value is -1.77. The van der Waals surface area contributed by atoms with E-state index in [-0.39, 0.29) is 5.91 Å². The number of fused-ring (bicyclic) bond motifs is 1. The summed E-state index contributed by atoms with van der Waals surface area (Å²) in [7, 11) is 0. The van der Waals surface area contributed by atoms with E-state index in [2.05, 4.69) is 11.9 Å². The van der Waals surface area contributed by atoms with Crippen LogP contribution < -0.4 is 0 Å². The zero-order valence-electron chi connectivity index (χ0n) is 9.94. The molecule has 1 aliphatic heterocycles. The van der Waals surface area contributed by atoms with Gasteiger partial charge in [0.15, 0.2) is 0 Å². The largest absolute Gasteiger partial charge is 0.361 e. The smallest absolute Gasteiger partial charge is 0.254 e. The molecular weight excluding hydrogens is 212 g/mol. The van der Waals surface area contributed by atoms with Crippen LogP contribution in [-0.2, 0) is 0 Å². The number of likely N-dealkylation sites (tertiary alicyclic amines) is 1. The van der Waals surface area contributed by atoms with Gasteiger partial charge >= 0.3 is 0 Å². The second kappa shape index (κ2) is 3.91. The zero-order chi connectivity index (χ0) is 11.8. The number of amides is 1. The third kappa shape index (κ3) is 1.71. The molecule has 0 spiro atoms. The maximum absolute atomic E-state index is 12.4. The van der Waals surface area contributed by atoms with E-state index in [0.717, 1.165) is 36.0 Å². The Labute approximate surface area is 100 Å². The van der Waals surface area contributed by atoms with Crippen LogP contribution in [0.25, 0.3) is 10.9 Å². The Morgan fingerprint density at radius 2 is 2.29 bits per heavy atom. The van der Waals surface area contributed by atoms with Crippen molar-refractivity contribution < 1.29 is 4.79 Å². The summed E-state index contributed by atoms with van der Waals surface area (Å²) in [6.07, 6.45) is 3.00. The van der Waals surface area contributed by atoms with E-state index in [9.17, 15) is 4.79 Å². The molecular formula is C14H16N2O. The number of aromatic amines is 1. The van der Waals surface area contributed by atoms with Gasteiger partial charge in [-0.15, -0.1) is 0 Å². The highest BCUT2D eigenvalue weighted by Crippen LogP contribution is 2.22. The average molecular weight is 228 g/mol. The lowest BCUT2D eigenvalue weighted by Crippen LogP contribution is -2.28. The minimum Gasteiger partial charge on any atom is -0.361 e. The standard InChI is InChI=1S/C14H16N2O/c1-10-6-8-16(9-10)14(17)12-3-2-4-13-11(12)5-7-15-13/h2-5,7,10,15H,6,8-9H2,1H3. The number of hydrogen-bond acceptors (Lipinski definition) is 1. The van der Waals surface area contributed by atoms with Crippen LogP contribution in [0.3, 0.4) is 0 Å². The van der Waals surface area contributed by atoms with E-state index in [1.807, 2.05) is 35.4 Å². The van der Waals surface area contributed by atoms with Crippen LogP contribution in [0.2, 0.25) is 0 Å². The molecule has 0 radical (unpaired) electrons. The molecule has 1 saturated heterocycles. The van der Waals surface area contributed by atoms with Gasteiger partial charge < -0.3 is 9.88 Å². The minimum absolute atomic E-state index is 0.166. The first-order chi connectivity index (χ1) is 8.25. The van der Waals surface area contributed by atoms with Crippen molar-refractivity contribution >= 4 is 16.8 Å². The van der Waals surface area contributed by atoms with E-state index >= 15 is 0 Å². The number of benzene rings is 1. The van der Waals surface area contributed by atoms with Gasteiger partial charge in [0, 0.05) is 35.8 Å². The topological polar surface area (TPSA) is 36.1 Å². The number of nitrogens with zero attached hydrogens (tertiary/aromatic N) is 1. The zero-order valence-corrected chi connectivity index (χ0v) is 9.94. The molecule has 0 aliphatic carbocycles. The van der Waals surface area contributed by atoms with Crippen LogP contribution in [0.15, 0.2) is 30.5 Å². The predicted molar refractivity (Wildman–Crippen MR) is 68.0 cm³/mol. The Balaban J connectivity index is 1.98. The van der Waals surface area contributed by atoms with Gasteiger partial charge in [0.2, 0.25) is 0 Å². The molecule has 1 fully saturated rings. The van der Waals surface area contributed by atoms with Gasteiger partial charge in [0.05, 0.1) is 0 Å². The molecule has 1 aliphatic rings. The predicted octanol–water partition coefficient (Wildman–Crippen LogP) is 2.65. The summed E-state index contributed by atoms with van der Waals surface area (Å²) in [4.78, 5) is 17.5. The highest BCUT2D eigenvalue weighted by atomic mass is 16.2. The number of carbonyl (C=O) groups excluding carboxylic acids is 1. The number of nitrogens with one attached hydrogen (secondary N) is 1. The van der Waals surface area contributed by atoms with E-state index in [0.29, 0.717) is 5.92 Å². The number of rotatable bonds is 1. The van der Waals surface area contributed by atoms with Gasteiger partial charge in [-0.1, -0.05) is 13.0 Å². The fourth-order valence-corrected chi connectivity index (χ4v) is 2.56. The lowest BCUT2D eigenvalue weighted by molar-refractivity contribution is 0.0790. The van der Waals surface area contributed by atoms with Crippen LogP contribution in [0.5, 0.6) is 0 Å². The van der Waals surface area contributed by atoms with E-state index in [1.54, 1.807) is 0 Å². The molecule has 3 heteroatoms. The summed E-state index contributed by atoms with van der Waals surface area (Å²) in [5.41, 5.74) is 1.85. The van der Waals surface area contributed by atoms with Gasteiger partial charge in [-0.05, 0) is 30.5 Å². The maximum Gasteiger partial charge on any atom is 0.254 e. The molecule has 0 saturated carbocycles. The van der Waals surface area contributed by atoms with Crippen LogP contribution in [0.4, 0.5) is 0 Å². The molecule has 3 rings (SSSR count). The Morgan fingerprint density at radius 3 is 3.06 bits per heavy atom. The molecule has 0 bridgehead atoms. The summed E-state index contributed by atoms with van der Waals surface area (Å²) in [5, 5.41) is 1.03. The van der Waals surface area contributed by atoms with Crippen molar-refractivity contribution in [2.45, 2.75) is 13.3 Å². The normalized spacial score (nSPS) is 20.1. The SMILES string of the molecule is CC1CCN(C(=O)c2cccc3[nH]ccc23)C1. The lowest BCUT2D eigenvalue weighted by Gasteiger charge is -2.16. The second-order valence-corrected chi connectivity index (χ2v) is 4.89. The molecule has 1 amide bonds. The quantitative estimate of drug-likeness (QED) is 0.800. The summed E-state index contributed by atoms with van der Waals surface area (Å²) in [6.45, 7) is 3.98. The Morgan fingerprint density at radius 1 is 1.41 bits per heavy atom. The number of hydrogen-bond donors (Lipinski definition) is 1. The highest BCUT2D eigenvalue weighted by molar-refractivity contribution is 6.06. The van der Waals surface area contributed by atoms with E-state index in [1.165, 1.54) is 0 Å². The molecule has 1 aromatic heterocycles. The van der Waals surface area contributed by atoms with Crippen LogP contribution >= 0.6 is 0 Å². The fourth-order valence-electron chi connectivity index (χ4n) is 2.56. The maximum atomic E-state index is 12.4. The van der Waals surface area contributed by atoms with Crippen LogP contribution in [0.1, 0.15) is 23.7 Å². The number of H-pyrrole nitrogens is 1. The van der Waals surface area contributed by atoms with E-state index in [4.69, 9.17) is 0 Å². The molecule has 3 nitrogen and oxygen atoms in total. The van der Waals surface area contributed by atoms with E-state index < -0.39 is 0 Å². The van der Waals surface area contributed by atoms with Crippen molar-refractivity contribution in [3.63, 3.8) is 0 Å². The van der Waals surface area contributed by atoms with Crippen molar-refractivity contribution in [2.75, 3.05) is 13.1 Å². The average Bonchev–Trinajstić information content (AvgIpc) is 2.95. The summed E-state index contributed by atoms with van der Waals surface area (Å²) >= 11 is 0. The first kappa shape index (κ1) is 10.4.